The van der Waals surface area contributed by atoms with Crippen LogP contribution in [0.2, 0.25) is 0 Å². The van der Waals surface area contributed by atoms with E-state index in [4.69, 9.17) is 0 Å². The van der Waals surface area contributed by atoms with Crippen LogP contribution in [-0.2, 0) is 16.0 Å². The quantitative estimate of drug-likeness (QED) is 0.351. The first kappa shape index (κ1) is 22.8. The van der Waals surface area contributed by atoms with Gasteiger partial charge in [0.1, 0.15) is 5.82 Å². The number of sulfone groups is 1. The number of hydrogen-bond acceptors (Lipinski definition) is 3. The van der Waals surface area contributed by atoms with E-state index < -0.39 is 26.7 Å². The molecule has 3 aromatic carbocycles. The number of benzene rings is 3. The third kappa shape index (κ3) is 4.06. The maximum atomic E-state index is 14.3. The number of aryl methyl sites for hydroxylation is 3. The molecule has 33 heavy (non-hydrogen) atoms. The molecule has 0 aliphatic heterocycles. The van der Waals surface area contributed by atoms with Gasteiger partial charge in [-0.15, -0.1) is 0 Å². The molecule has 0 saturated heterocycles. The van der Waals surface area contributed by atoms with Gasteiger partial charge in [-0.25, -0.2) is 13.4 Å². The summed E-state index contributed by atoms with van der Waals surface area (Å²) in [5.74, 6) is -0.0912. The Hall–Kier alpha value is -3.39. The molecule has 0 aliphatic carbocycles. The van der Waals surface area contributed by atoms with Gasteiger partial charge in [0.15, 0.2) is 10.7 Å². The summed E-state index contributed by atoms with van der Waals surface area (Å²) in [4.78, 5) is 3.66. The average Bonchev–Trinajstić information content (AvgIpc) is 3.16. The van der Waals surface area contributed by atoms with E-state index in [-0.39, 0.29) is 10.7 Å². The van der Waals surface area contributed by atoms with Crippen LogP contribution in [0.25, 0.3) is 17.1 Å². The molecule has 1 heterocycles. The van der Waals surface area contributed by atoms with Gasteiger partial charge in [0.05, 0.1) is 10.6 Å². The lowest BCUT2D eigenvalue weighted by atomic mass is 10.1. The highest BCUT2D eigenvalue weighted by Gasteiger charge is 2.44. The minimum Gasteiger partial charge on any atom is -0.282 e. The molecule has 4 rings (SSSR count). The topological polar surface area (TPSA) is 52.0 Å². The molecule has 0 saturated carbocycles. The van der Waals surface area contributed by atoms with Crippen LogP contribution in [0.15, 0.2) is 82.7 Å². The molecule has 8 heteroatoms. The predicted molar refractivity (Wildman–Crippen MR) is 120 cm³/mol. The molecule has 0 N–H and O–H groups in total. The van der Waals surface area contributed by atoms with Crippen molar-refractivity contribution in [3.63, 3.8) is 0 Å². The van der Waals surface area contributed by atoms with E-state index in [0.29, 0.717) is 27.9 Å². The van der Waals surface area contributed by atoms with Gasteiger partial charge in [-0.2, -0.15) is 13.2 Å². The largest absolute Gasteiger partial charge is 0.436 e. The van der Waals surface area contributed by atoms with E-state index in [2.05, 4.69) is 4.98 Å². The molecule has 1 aromatic heterocycles. The smallest absolute Gasteiger partial charge is 0.282 e. The Labute approximate surface area is 190 Å². The second-order valence-corrected chi connectivity index (χ2v) is 9.71. The van der Waals surface area contributed by atoms with Crippen molar-refractivity contribution in [1.29, 1.82) is 0 Å². The van der Waals surface area contributed by atoms with Gasteiger partial charge in [0, 0.05) is 5.56 Å². The van der Waals surface area contributed by atoms with Crippen molar-refractivity contribution in [3.8, 4) is 17.1 Å². The third-order valence-electron chi connectivity index (χ3n) is 5.35. The zero-order chi connectivity index (χ0) is 24.0. The standard InChI is InChI=1S/C25H21F3N2O2S/c1-16-9-7-14-20(15-16)33(31,32)24-22(25(26,27)28)29-23(19-12-5-4-6-13-19)30(24)21-17(2)10-8-11-18(21)3/h4-15H,1-3H3. The molecule has 0 atom stereocenters. The lowest BCUT2D eigenvalue weighted by Gasteiger charge is -2.18. The molecule has 0 aliphatic rings. The monoisotopic (exact) mass is 470 g/mol. The van der Waals surface area contributed by atoms with Crippen molar-refractivity contribution in [2.75, 3.05) is 0 Å². The number of aromatic nitrogens is 2. The Morgan fingerprint density at radius 2 is 1.42 bits per heavy atom. The van der Waals surface area contributed by atoms with Crippen molar-refractivity contribution in [2.24, 2.45) is 0 Å². The van der Waals surface area contributed by atoms with Gasteiger partial charge < -0.3 is 0 Å². The van der Waals surface area contributed by atoms with E-state index >= 15 is 0 Å². The Morgan fingerprint density at radius 3 is 2.00 bits per heavy atom. The number of hydrogen-bond donors (Lipinski definition) is 0. The van der Waals surface area contributed by atoms with E-state index in [1.54, 1.807) is 75.4 Å². The molecule has 0 bridgehead atoms. The summed E-state index contributed by atoms with van der Waals surface area (Å²) in [6.45, 7) is 5.14. The van der Waals surface area contributed by atoms with Gasteiger partial charge in [-0.3, -0.25) is 4.57 Å². The van der Waals surface area contributed by atoms with Crippen LogP contribution < -0.4 is 0 Å². The SMILES string of the molecule is Cc1cccc(S(=O)(=O)c2c(C(F)(F)F)nc(-c3ccccc3)n2-c2c(C)cccc2C)c1. The Kier molecular flexibility index (Phi) is 5.66. The Bertz CT molecular complexity index is 1420. The summed E-state index contributed by atoms with van der Waals surface area (Å²) in [5, 5.41) is -0.892. The highest BCUT2D eigenvalue weighted by molar-refractivity contribution is 7.91. The van der Waals surface area contributed by atoms with Crippen LogP contribution in [0.4, 0.5) is 13.2 Å². The minimum atomic E-state index is -4.99. The van der Waals surface area contributed by atoms with Crippen LogP contribution in [-0.4, -0.2) is 18.0 Å². The fourth-order valence-corrected chi connectivity index (χ4v) is 5.53. The first-order valence-electron chi connectivity index (χ1n) is 10.2. The lowest BCUT2D eigenvalue weighted by molar-refractivity contribution is -0.143. The van der Waals surface area contributed by atoms with Crippen molar-refractivity contribution < 1.29 is 21.6 Å². The van der Waals surface area contributed by atoms with Gasteiger partial charge in [-0.1, -0.05) is 60.7 Å². The van der Waals surface area contributed by atoms with E-state index in [9.17, 15) is 21.6 Å². The van der Waals surface area contributed by atoms with Gasteiger partial charge >= 0.3 is 6.18 Å². The maximum absolute atomic E-state index is 14.3. The van der Waals surface area contributed by atoms with Crippen LogP contribution in [0.3, 0.4) is 0 Å². The second kappa shape index (κ2) is 8.19. The molecule has 170 valence electrons. The van der Waals surface area contributed by atoms with E-state index in [0.717, 1.165) is 4.57 Å². The summed E-state index contributed by atoms with van der Waals surface area (Å²) in [5.41, 5.74) is 1.15. The minimum absolute atomic E-state index is 0.0912. The number of alkyl halides is 3. The fourth-order valence-electron chi connectivity index (χ4n) is 3.88. The molecule has 4 aromatic rings. The van der Waals surface area contributed by atoms with Gasteiger partial charge in [0.2, 0.25) is 9.84 Å². The molecule has 4 nitrogen and oxygen atoms in total. The highest BCUT2D eigenvalue weighted by Crippen LogP contribution is 2.41. The van der Waals surface area contributed by atoms with Crippen LogP contribution >= 0.6 is 0 Å². The number of nitrogens with zero attached hydrogens (tertiary/aromatic N) is 2. The van der Waals surface area contributed by atoms with Crippen molar-refractivity contribution >= 4 is 9.84 Å². The highest BCUT2D eigenvalue weighted by atomic mass is 32.2. The van der Waals surface area contributed by atoms with Crippen LogP contribution in [0.1, 0.15) is 22.4 Å². The average molecular weight is 471 g/mol. The summed E-state index contributed by atoms with van der Waals surface area (Å²) in [7, 11) is -4.59. The number of rotatable bonds is 4. The first-order valence-corrected chi connectivity index (χ1v) is 11.6. The predicted octanol–water partition coefficient (Wildman–Crippen LogP) is 6.32. The van der Waals surface area contributed by atoms with Gasteiger partial charge in [0.25, 0.3) is 0 Å². The summed E-state index contributed by atoms with van der Waals surface area (Å²) in [6.07, 6.45) is -4.99. The zero-order valence-electron chi connectivity index (χ0n) is 18.2. The fraction of sp³-hybridized carbons (Fsp3) is 0.160. The zero-order valence-corrected chi connectivity index (χ0v) is 19.0. The lowest BCUT2D eigenvalue weighted by Crippen LogP contribution is -2.17. The first-order chi connectivity index (χ1) is 15.5. The van der Waals surface area contributed by atoms with E-state index in [1.807, 2.05) is 0 Å². The van der Waals surface area contributed by atoms with Crippen LogP contribution in [0, 0.1) is 20.8 Å². The normalized spacial score (nSPS) is 12.2. The third-order valence-corrected chi connectivity index (χ3v) is 7.11. The molecule has 0 unspecified atom stereocenters. The van der Waals surface area contributed by atoms with E-state index in [1.165, 1.54) is 18.2 Å². The van der Waals surface area contributed by atoms with Crippen LogP contribution in [0.5, 0.6) is 0 Å². The van der Waals surface area contributed by atoms with Crippen molar-refractivity contribution in [1.82, 2.24) is 9.55 Å². The number of imidazole rings is 1. The summed E-state index contributed by atoms with van der Waals surface area (Å²) < 4.78 is 71.4. The number of halogens is 3. The molecular formula is C25H21F3N2O2S. The molecular weight excluding hydrogens is 449 g/mol. The molecule has 0 amide bonds. The summed E-state index contributed by atoms with van der Waals surface area (Å²) in [6, 6.07) is 19.4. The van der Waals surface area contributed by atoms with Crippen molar-refractivity contribution in [3.05, 3.63) is 95.2 Å². The maximum Gasteiger partial charge on any atom is 0.436 e. The molecule has 0 spiro atoms. The Morgan fingerprint density at radius 1 is 0.818 bits per heavy atom. The second-order valence-electron chi connectivity index (χ2n) is 7.85. The Balaban J connectivity index is 2.21. The molecule has 0 fully saturated rings. The number of para-hydroxylation sites is 1. The van der Waals surface area contributed by atoms with Crippen molar-refractivity contribution in [2.45, 2.75) is 36.9 Å². The summed E-state index contributed by atoms with van der Waals surface area (Å²) >= 11 is 0. The molecule has 0 radical (unpaired) electrons. The van der Waals surface area contributed by atoms with Gasteiger partial charge in [-0.05, 0) is 49.6 Å².